The maximum Gasteiger partial charge on any atom is 0.163 e. The van der Waals surface area contributed by atoms with Gasteiger partial charge in [-0.2, -0.15) is 0 Å². The predicted molar refractivity (Wildman–Crippen MR) is 77.4 cm³/mol. The lowest BCUT2D eigenvalue weighted by Crippen LogP contribution is -2.15. The molecule has 4 rings (SSSR count). The third-order valence-electron chi connectivity index (χ3n) is 3.89. The number of phenolic OH excluding ortho intramolecular Hbond substituents is 2. The zero-order valence-corrected chi connectivity index (χ0v) is 11.1. The molecule has 0 saturated heterocycles. The van der Waals surface area contributed by atoms with Crippen molar-refractivity contribution in [1.29, 1.82) is 0 Å². The fourth-order valence-electron chi connectivity index (χ4n) is 2.94. The molecule has 0 bridgehead atoms. The van der Waals surface area contributed by atoms with E-state index < -0.39 is 0 Å². The zero-order chi connectivity index (χ0) is 14.6. The van der Waals surface area contributed by atoms with E-state index in [0.717, 1.165) is 16.5 Å². The maximum absolute atomic E-state index is 11.5. The van der Waals surface area contributed by atoms with Gasteiger partial charge in [0.25, 0.3) is 0 Å². The molecular weight excluding hydrogens is 268 g/mol. The third kappa shape index (κ3) is 1.80. The Kier molecular flexibility index (Phi) is 2.36. The Labute approximate surface area is 120 Å². The molecule has 0 aromatic heterocycles. The van der Waals surface area contributed by atoms with Crippen LogP contribution in [0.3, 0.4) is 0 Å². The molecule has 1 heterocycles. The summed E-state index contributed by atoms with van der Waals surface area (Å²) in [5.74, 6) is 1.33. The summed E-state index contributed by atoms with van der Waals surface area (Å²) in [6.07, 6.45) is 4.38. The molecule has 0 spiro atoms. The Morgan fingerprint density at radius 2 is 2.00 bits per heavy atom. The van der Waals surface area contributed by atoms with E-state index in [2.05, 4.69) is 0 Å². The summed E-state index contributed by atoms with van der Waals surface area (Å²) in [7, 11) is 0. The van der Waals surface area contributed by atoms with Crippen LogP contribution in [0.4, 0.5) is 0 Å². The van der Waals surface area contributed by atoms with Crippen LogP contribution in [-0.4, -0.2) is 16.0 Å². The van der Waals surface area contributed by atoms with Gasteiger partial charge in [0.1, 0.15) is 23.0 Å². The number of carbonyl (C=O) groups excluding carboxylic acids is 1. The van der Waals surface area contributed by atoms with Crippen LogP contribution < -0.4 is 4.74 Å². The summed E-state index contributed by atoms with van der Waals surface area (Å²) in [4.78, 5) is 11.5. The molecule has 4 nitrogen and oxygen atoms in total. The van der Waals surface area contributed by atoms with Crippen molar-refractivity contribution in [1.82, 2.24) is 0 Å². The molecule has 2 N–H and O–H groups in total. The minimum atomic E-state index is 0.0275. The lowest BCUT2D eigenvalue weighted by molar-refractivity contribution is -0.114. The number of allylic oxidation sites excluding steroid dienone is 3. The van der Waals surface area contributed by atoms with Crippen LogP contribution in [0.5, 0.6) is 17.2 Å². The number of carbonyl (C=O) groups is 1. The molecule has 2 aromatic carbocycles. The van der Waals surface area contributed by atoms with Gasteiger partial charge in [-0.3, -0.25) is 4.79 Å². The van der Waals surface area contributed by atoms with Crippen LogP contribution in [0, 0.1) is 0 Å². The van der Waals surface area contributed by atoms with Gasteiger partial charge in [-0.05, 0) is 23.1 Å². The number of aromatic hydroxyl groups is 2. The van der Waals surface area contributed by atoms with Crippen molar-refractivity contribution >= 4 is 16.6 Å². The molecule has 0 atom stereocenters. The second-order valence-electron chi connectivity index (χ2n) is 5.29. The molecule has 0 amide bonds. The van der Waals surface area contributed by atoms with E-state index in [0.29, 0.717) is 29.7 Å². The first-order valence-corrected chi connectivity index (χ1v) is 6.71. The molecule has 0 fully saturated rings. The van der Waals surface area contributed by atoms with Crippen LogP contribution in [-0.2, 0) is 11.2 Å². The van der Waals surface area contributed by atoms with Crippen molar-refractivity contribution in [2.45, 2.75) is 12.8 Å². The second kappa shape index (κ2) is 4.12. The Balaban J connectivity index is 1.96. The largest absolute Gasteiger partial charge is 0.508 e. The van der Waals surface area contributed by atoms with Gasteiger partial charge in [-0.1, -0.05) is 12.1 Å². The van der Waals surface area contributed by atoms with Gasteiger partial charge >= 0.3 is 0 Å². The number of phenols is 2. The normalized spacial score (nSPS) is 16.7. The van der Waals surface area contributed by atoms with Crippen LogP contribution in [0.15, 0.2) is 47.7 Å². The quantitative estimate of drug-likeness (QED) is 0.778. The van der Waals surface area contributed by atoms with Gasteiger partial charge in [-0.25, -0.2) is 0 Å². The summed E-state index contributed by atoms with van der Waals surface area (Å²) in [5, 5.41) is 21.2. The minimum Gasteiger partial charge on any atom is -0.508 e. The first-order chi connectivity index (χ1) is 10.1. The number of ether oxygens (including phenoxy) is 1. The van der Waals surface area contributed by atoms with Gasteiger partial charge in [0.2, 0.25) is 0 Å². The highest BCUT2D eigenvalue weighted by Crippen LogP contribution is 2.42. The Bertz CT molecular complexity index is 859. The predicted octanol–water partition coefficient (Wildman–Crippen LogP) is 2.97. The van der Waals surface area contributed by atoms with E-state index in [1.807, 2.05) is 6.08 Å². The molecule has 104 valence electrons. The summed E-state index contributed by atoms with van der Waals surface area (Å²) in [6.45, 7) is 0. The van der Waals surface area contributed by atoms with Crippen molar-refractivity contribution in [3.05, 3.63) is 53.3 Å². The fourth-order valence-corrected chi connectivity index (χ4v) is 2.94. The molecule has 0 saturated carbocycles. The van der Waals surface area contributed by atoms with Crippen molar-refractivity contribution < 1.29 is 19.7 Å². The van der Waals surface area contributed by atoms with Crippen molar-refractivity contribution in [2.75, 3.05) is 0 Å². The molecule has 1 aliphatic carbocycles. The topological polar surface area (TPSA) is 66.8 Å². The van der Waals surface area contributed by atoms with Crippen LogP contribution in [0.2, 0.25) is 0 Å². The first kappa shape index (κ1) is 12.0. The number of hydrogen-bond acceptors (Lipinski definition) is 4. The van der Waals surface area contributed by atoms with Crippen molar-refractivity contribution in [3.63, 3.8) is 0 Å². The standard InChI is InChI=1S/C17H12O4/c18-11-3-1-9-6-13-15(21-16(9)8-11)4-2-10-5-12(19)7-14(20)17(10)13/h1-2,4-5,7-8,19-20H,3,6H2. The molecule has 4 heteroatoms. The lowest BCUT2D eigenvalue weighted by Gasteiger charge is -2.25. The van der Waals surface area contributed by atoms with Crippen molar-refractivity contribution in [3.8, 4) is 17.2 Å². The average Bonchev–Trinajstić information content (AvgIpc) is 2.44. The van der Waals surface area contributed by atoms with Gasteiger partial charge in [0, 0.05) is 35.9 Å². The third-order valence-corrected chi connectivity index (χ3v) is 3.89. The number of ketones is 1. The van der Waals surface area contributed by atoms with Gasteiger partial charge in [-0.15, -0.1) is 0 Å². The Hall–Kier alpha value is -2.75. The summed E-state index contributed by atoms with van der Waals surface area (Å²) < 4.78 is 5.80. The van der Waals surface area contributed by atoms with E-state index in [9.17, 15) is 15.0 Å². The molecule has 0 radical (unpaired) electrons. The smallest absolute Gasteiger partial charge is 0.163 e. The second-order valence-corrected chi connectivity index (χ2v) is 5.29. The molecule has 1 aliphatic heterocycles. The minimum absolute atomic E-state index is 0.0275. The maximum atomic E-state index is 11.5. The highest BCUT2D eigenvalue weighted by atomic mass is 16.5. The summed E-state index contributed by atoms with van der Waals surface area (Å²) in [6, 6.07) is 6.52. The monoisotopic (exact) mass is 280 g/mol. The van der Waals surface area contributed by atoms with Crippen LogP contribution >= 0.6 is 0 Å². The van der Waals surface area contributed by atoms with Gasteiger partial charge in [0.15, 0.2) is 5.78 Å². The number of fused-ring (bicyclic) bond motifs is 4. The van der Waals surface area contributed by atoms with Crippen LogP contribution in [0.1, 0.15) is 12.0 Å². The molecule has 2 aliphatic rings. The summed E-state index contributed by atoms with van der Waals surface area (Å²) >= 11 is 0. The van der Waals surface area contributed by atoms with E-state index >= 15 is 0 Å². The van der Waals surface area contributed by atoms with Gasteiger partial charge < -0.3 is 14.9 Å². The fraction of sp³-hybridized carbons (Fsp3) is 0.118. The highest BCUT2D eigenvalue weighted by Gasteiger charge is 2.25. The van der Waals surface area contributed by atoms with E-state index in [1.54, 1.807) is 18.2 Å². The number of rotatable bonds is 0. The van der Waals surface area contributed by atoms with E-state index in [4.69, 9.17) is 4.74 Å². The van der Waals surface area contributed by atoms with E-state index in [-0.39, 0.29) is 17.3 Å². The zero-order valence-electron chi connectivity index (χ0n) is 11.1. The first-order valence-electron chi connectivity index (χ1n) is 6.71. The van der Waals surface area contributed by atoms with Crippen LogP contribution in [0.25, 0.3) is 10.8 Å². The molecule has 21 heavy (non-hydrogen) atoms. The molecule has 0 unspecified atom stereocenters. The molecule has 2 aromatic rings. The summed E-state index contributed by atoms with van der Waals surface area (Å²) in [5.41, 5.74) is 1.84. The SMILES string of the molecule is O=C1C=C2Oc3ccc4cc(O)cc(O)c4c3CC2=CC1. The number of hydrogen-bond donors (Lipinski definition) is 2. The Morgan fingerprint density at radius 3 is 2.86 bits per heavy atom. The molecular formula is C17H12O4. The lowest BCUT2D eigenvalue weighted by atomic mass is 9.91. The van der Waals surface area contributed by atoms with Crippen molar-refractivity contribution in [2.24, 2.45) is 0 Å². The van der Waals surface area contributed by atoms with Gasteiger partial charge in [0.05, 0.1) is 0 Å². The highest BCUT2D eigenvalue weighted by molar-refractivity contribution is 5.96. The Morgan fingerprint density at radius 1 is 1.14 bits per heavy atom. The average molecular weight is 280 g/mol. The number of benzene rings is 2. The van der Waals surface area contributed by atoms with E-state index in [1.165, 1.54) is 12.1 Å².